The highest BCUT2D eigenvalue weighted by Crippen LogP contribution is 2.62. The lowest BCUT2D eigenvalue weighted by atomic mass is 9.88. The Labute approximate surface area is 214 Å². The van der Waals surface area contributed by atoms with Crippen LogP contribution in [0.3, 0.4) is 0 Å². The van der Waals surface area contributed by atoms with E-state index in [1.54, 1.807) is 37.3 Å². The predicted molar refractivity (Wildman–Crippen MR) is 138 cm³/mol. The number of ether oxygens (including phenoxy) is 1. The van der Waals surface area contributed by atoms with Gasteiger partial charge in [0.15, 0.2) is 0 Å². The smallest absolute Gasteiger partial charge is 0.264 e. The number of hydrogen-bond donors (Lipinski definition) is 1. The number of pyridine rings is 2. The first kappa shape index (κ1) is 24.8. The van der Waals surface area contributed by atoms with Crippen LogP contribution < -0.4 is 9.46 Å². The number of aromatic nitrogens is 2. The molecular formula is C28H26FN3O4S. The van der Waals surface area contributed by atoms with Crippen LogP contribution in [0.15, 0.2) is 65.7 Å². The van der Waals surface area contributed by atoms with Gasteiger partial charge in [0.1, 0.15) is 11.6 Å². The third-order valence-electron chi connectivity index (χ3n) is 7.00. The molecular weight excluding hydrogens is 493 g/mol. The highest BCUT2D eigenvalue weighted by molar-refractivity contribution is 7.90. The van der Waals surface area contributed by atoms with E-state index in [9.17, 15) is 17.6 Å². The Morgan fingerprint density at radius 2 is 1.89 bits per heavy atom. The maximum Gasteiger partial charge on any atom is 0.264 e. The second-order valence-corrected chi connectivity index (χ2v) is 11.1. The molecule has 37 heavy (non-hydrogen) atoms. The summed E-state index contributed by atoms with van der Waals surface area (Å²) in [7, 11) is -2.78. The van der Waals surface area contributed by atoms with E-state index in [1.807, 2.05) is 26.0 Å². The van der Waals surface area contributed by atoms with Gasteiger partial charge in [0.05, 0.1) is 28.6 Å². The largest absolute Gasteiger partial charge is 0.496 e. The second-order valence-electron chi connectivity index (χ2n) is 9.48. The van der Waals surface area contributed by atoms with Crippen LogP contribution in [0.2, 0.25) is 0 Å². The van der Waals surface area contributed by atoms with Crippen LogP contribution in [0.4, 0.5) is 4.39 Å². The summed E-state index contributed by atoms with van der Waals surface area (Å²) >= 11 is 0. The summed E-state index contributed by atoms with van der Waals surface area (Å²) in [6.07, 6.45) is 1.81. The third-order valence-corrected chi connectivity index (χ3v) is 8.39. The number of halogens is 1. The van der Waals surface area contributed by atoms with Gasteiger partial charge in [-0.2, -0.15) is 0 Å². The van der Waals surface area contributed by atoms with Gasteiger partial charge in [-0.3, -0.25) is 14.8 Å². The number of sulfonamides is 1. The Balaban J connectivity index is 1.60. The molecule has 7 nitrogen and oxygen atoms in total. The fourth-order valence-electron chi connectivity index (χ4n) is 4.95. The molecule has 0 spiro atoms. The number of methoxy groups -OCH3 is 1. The minimum Gasteiger partial charge on any atom is -0.496 e. The maximum absolute atomic E-state index is 14.4. The molecule has 4 aromatic rings. The summed E-state index contributed by atoms with van der Waals surface area (Å²) < 4.78 is 49.4. The van der Waals surface area contributed by atoms with Crippen LogP contribution in [-0.4, -0.2) is 31.4 Å². The maximum atomic E-state index is 14.4. The zero-order valence-corrected chi connectivity index (χ0v) is 21.7. The van der Waals surface area contributed by atoms with Gasteiger partial charge in [0.25, 0.3) is 10.0 Å². The van der Waals surface area contributed by atoms with Crippen molar-refractivity contribution in [2.24, 2.45) is 0 Å². The molecule has 1 amide bonds. The molecule has 1 fully saturated rings. The summed E-state index contributed by atoms with van der Waals surface area (Å²) in [4.78, 5) is 22.4. The quantitative estimate of drug-likeness (QED) is 0.399. The Kier molecular flexibility index (Phi) is 5.98. The number of rotatable bonds is 6. The van der Waals surface area contributed by atoms with Crippen LogP contribution in [0, 0.1) is 26.6 Å². The van der Waals surface area contributed by atoms with Crippen molar-refractivity contribution in [1.29, 1.82) is 0 Å². The van der Waals surface area contributed by atoms with E-state index in [2.05, 4.69) is 14.7 Å². The molecule has 1 aliphatic rings. The number of carbonyl (C=O) groups excluding carboxylic acids is 1. The van der Waals surface area contributed by atoms with Gasteiger partial charge in [-0.1, -0.05) is 23.8 Å². The SMILES string of the molecule is COc1ccc(C)cc1[C@@]1(C(=O)NS(=O)(=O)c2cccc3nc(C)ccc23)C[C@H]1c1cnc(C)c(F)c1. The summed E-state index contributed by atoms with van der Waals surface area (Å²) in [5.41, 5.74) is 2.16. The lowest BCUT2D eigenvalue weighted by Crippen LogP contribution is -2.40. The molecule has 2 aromatic heterocycles. The molecule has 0 bridgehead atoms. The van der Waals surface area contributed by atoms with Crippen LogP contribution in [0.1, 0.15) is 40.4 Å². The number of carbonyl (C=O) groups is 1. The van der Waals surface area contributed by atoms with Crippen molar-refractivity contribution in [2.45, 2.75) is 43.4 Å². The van der Waals surface area contributed by atoms with Crippen molar-refractivity contribution >= 4 is 26.8 Å². The van der Waals surface area contributed by atoms with Gasteiger partial charge in [0.2, 0.25) is 5.91 Å². The first-order chi connectivity index (χ1) is 17.6. The van der Waals surface area contributed by atoms with E-state index in [-0.39, 0.29) is 17.0 Å². The zero-order valence-electron chi connectivity index (χ0n) is 20.9. The average molecular weight is 520 g/mol. The number of benzene rings is 2. The summed E-state index contributed by atoms with van der Waals surface area (Å²) in [6.45, 7) is 5.25. The van der Waals surface area contributed by atoms with Crippen molar-refractivity contribution in [1.82, 2.24) is 14.7 Å². The van der Waals surface area contributed by atoms with Gasteiger partial charge < -0.3 is 4.74 Å². The van der Waals surface area contributed by atoms with Gasteiger partial charge >= 0.3 is 0 Å². The molecule has 2 heterocycles. The predicted octanol–water partition coefficient (Wildman–Crippen LogP) is 4.63. The Bertz CT molecular complexity index is 1670. The van der Waals surface area contributed by atoms with Crippen molar-refractivity contribution in [3.05, 3.63) is 94.7 Å². The van der Waals surface area contributed by atoms with Gasteiger partial charge in [0, 0.05) is 28.8 Å². The molecule has 0 radical (unpaired) electrons. The number of aryl methyl sites for hydroxylation is 3. The molecule has 0 unspecified atom stereocenters. The van der Waals surface area contributed by atoms with E-state index in [1.165, 1.54) is 25.4 Å². The van der Waals surface area contributed by atoms with Gasteiger partial charge in [-0.15, -0.1) is 0 Å². The lowest BCUT2D eigenvalue weighted by molar-refractivity contribution is -0.122. The molecule has 0 aliphatic heterocycles. The average Bonchev–Trinajstić information content (AvgIpc) is 3.62. The molecule has 2 atom stereocenters. The summed E-state index contributed by atoms with van der Waals surface area (Å²) in [5, 5.41) is 0.410. The number of nitrogens with one attached hydrogen (secondary N) is 1. The second kappa shape index (κ2) is 8.92. The number of hydrogen-bond acceptors (Lipinski definition) is 6. The van der Waals surface area contributed by atoms with E-state index < -0.39 is 33.1 Å². The minimum atomic E-state index is -4.27. The van der Waals surface area contributed by atoms with Crippen molar-refractivity contribution in [3.8, 4) is 5.75 Å². The van der Waals surface area contributed by atoms with E-state index in [0.29, 0.717) is 27.8 Å². The Morgan fingerprint density at radius 3 is 2.62 bits per heavy atom. The molecule has 1 N–H and O–H groups in total. The minimum absolute atomic E-state index is 0.0440. The Hall–Kier alpha value is -3.85. The topological polar surface area (TPSA) is 98.2 Å². The number of fused-ring (bicyclic) bond motifs is 1. The lowest BCUT2D eigenvalue weighted by Gasteiger charge is -2.21. The van der Waals surface area contributed by atoms with Crippen molar-refractivity contribution in [2.75, 3.05) is 7.11 Å². The van der Waals surface area contributed by atoms with Crippen LogP contribution >= 0.6 is 0 Å². The van der Waals surface area contributed by atoms with E-state index in [0.717, 1.165) is 11.3 Å². The van der Waals surface area contributed by atoms with E-state index in [4.69, 9.17) is 4.74 Å². The van der Waals surface area contributed by atoms with E-state index >= 15 is 0 Å². The van der Waals surface area contributed by atoms with Crippen LogP contribution in [0.5, 0.6) is 5.75 Å². The number of nitrogens with zero attached hydrogens (tertiary/aromatic N) is 2. The molecule has 1 aliphatic carbocycles. The van der Waals surface area contributed by atoms with Crippen molar-refractivity contribution in [3.63, 3.8) is 0 Å². The molecule has 5 rings (SSSR count). The fourth-order valence-corrected chi connectivity index (χ4v) is 6.21. The summed E-state index contributed by atoms with van der Waals surface area (Å²) in [6, 6.07) is 14.9. The highest BCUT2D eigenvalue weighted by Gasteiger charge is 2.63. The first-order valence-corrected chi connectivity index (χ1v) is 13.3. The monoisotopic (exact) mass is 519 g/mol. The summed E-state index contributed by atoms with van der Waals surface area (Å²) in [5.74, 6) is -1.23. The molecule has 0 saturated heterocycles. The molecule has 9 heteroatoms. The molecule has 190 valence electrons. The molecule has 1 saturated carbocycles. The van der Waals surface area contributed by atoms with Gasteiger partial charge in [-0.05, 0) is 69.2 Å². The highest BCUT2D eigenvalue weighted by atomic mass is 32.2. The van der Waals surface area contributed by atoms with Crippen molar-refractivity contribution < 1.29 is 22.3 Å². The normalized spacial score (nSPS) is 19.0. The third kappa shape index (κ3) is 4.23. The first-order valence-electron chi connectivity index (χ1n) is 11.8. The van der Waals surface area contributed by atoms with Crippen LogP contribution in [-0.2, 0) is 20.2 Å². The standard InChI is InChI=1S/C28H26FN3O4S/c1-16-8-11-25(36-4)21(12-16)28(14-22(28)19-13-23(29)18(3)30-15-19)27(33)32-37(34,35)26-7-5-6-24-20(26)10-9-17(2)31-24/h5-13,15,22H,14H2,1-4H3,(H,32,33)/t22-,28-/m0/s1. The zero-order chi connectivity index (χ0) is 26.5. The molecule has 2 aromatic carbocycles. The Morgan fingerprint density at radius 1 is 1.11 bits per heavy atom. The number of amides is 1. The van der Waals surface area contributed by atoms with Crippen LogP contribution in [0.25, 0.3) is 10.9 Å². The van der Waals surface area contributed by atoms with Gasteiger partial charge in [-0.25, -0.2) is 17.5 Å². The fraction of sp³-hybridized carbons (Fsp3) is 0.250.